The maximum absolute atomic E-state index is 13.5. The number of nitrogens with one attached hydrogen (secondary N) is 2. The standard InChI is InChI=1S/C18H19FN2O5S/c1-11-8-9-13(10-15(11)19)20-17(22)12(2)26-18(23)14-6-4-5-7-16(14)21-27(3,24)25/h4-10,12,21H,1-3H3,(H,20,22)/t12-/m1/s1. The van der Waals surface area contributed by atoms with E-state index >= 15 is 0 Å². The summed E-state index contributed by atoms with van der Waals surface area (Å²) in [4.78, 5) is 24.5. The topological polar surface area (TPSA) is 102 Å². The number of carbonyl (C=O) groups excluding carboxylic acids is 2. The molecule has 0 unspecified atom stereocenters. The van der Waals surface area contributed by atoms with E-state index in [1.54, 1.807) is 13.0 Å². The third kappa shape index (κ3) is 5.78. The number of rotatable bonds is 6. The Bertz CT molecular complexity index is 975. The Balaban J connectivity index is 2.09. The van der Waals surface area contributed by atoms with Crippen molar-refractivity contribution in [2.75, 3.05) is 16.3 Å². The molecule has 144 valence electrons. The van der Waals surface area contributed by atoms with Gasteiger partial charge in [-0.05, 0) is 43.7 Å². The van der Waals surface area contributed by atoms with Crippen LogP contribution in [0, 0.1) is 12.7 Å². The summed E-state index contributed by atoms with van der Waals surface area (Å²) in [6.07, 6.45) is -0.237. The number of esters is 1. The number of amides is 1. The number of anilines is 2. The number of hydrogen-bond donors (Lipinski definition) is 2. The third-order valence-electron chi connectivity index (χ3n) is 3.53. The summed E-state index contributed by atoms with van der Waals surface area (Å²) in [7, 11) is -3.60. The van der Waals surface area contributed by atoms with Crippen LogP contribution < -0.4 is 10.0 Å². The van der Waals surface area contributed by atoms with Gasteiger partial charge in [-0.3, -0.25) is 9.52 Å². The van der Waals surface area contributed by atoms with Crippen molar-refractivity contribution in [3.8, 4) is 0 Å². The van der Waals surface area contributed by atoms with Gasteiger partial charge in [0.05, 0.1) is 17.5 Å². The van der Waals surface area contributed by atoms with Gasteiger partial charge in [0.25, 0.3) is 5.91 Å². The summed E-state index contributed by atoms with van der Waals surface area (Å²) in [6, 6.07) is 10.0. The van der Waals surface area contributed by atoms with Crippen molar-refractivity contribution in [1.82, 2.24) is 0 Å². The van der Waals surface area contributed by atoms with Crippen LogP contribution in [-0.2, 0) is 19.6 Å². The molecule has 0 saturated heterocycles. The molecule has 1 atom stereocenters. The third-order valence-corrected chi connectivity index (χ3v) is 4.13. The molecule has 2 N–H and O–H groups in total. The molecule has 2 aromatic carbocycles. The number of aryl methyl sites for hydroxylation is 1. The van der Waals surface area contributed by atoms with E-state index in [1.165, 1.54) is 37.3 Å². The number of ether oxygens (including phenoxy) is 1. The normalized spacial score (nSPS) is 12.1. The van der Waals surface area contributed by atoms with Gasteiger partial charge < -0.3 is 10.1 Å². The largest absolute Gasteiger partial charge is 0.449 e. The van der Waals surface area contributed by atoms with Crippen molar-refractivity contribution >= 4 is 33.3 Å². The number of para-hydroxylation sites is 1. The Morgan fingerprint density at radius 3 is 2.44 bits per heavy atom. The molecule has 27 heavy (non-hydrogen) atoms. The first-order valence-electron chi connectivity index (χ1n) is 7.91. The number of halogens is 1. The fourth-order valence-electron chi connectivity index (χ4n) is 2.14. The molecule has 0 heterocycles. The van der Waals surface area contributed by atoms with Gasteiger partial charge in [0.1, 0.15) is 5.82 Å². The summed E-state index contributed by atoms with van der Waals surface area (Å²) in [5.41, 5.74) is 0.662. The molecular formula is C18H19FN2O5S. The smallest absolute Gasteiger partial charge is 0.341 e. The van der Waals surface area contributed by atoms with Crippen LogP contribution in [0.25, 0.3) is 0 Å². The van der Waals surface area contributed by atoms with E-state index in [2.05, 4.69) is 10.0 Å². The predicted molar refractivity (Wildman–Crippen MR) is 99.6 cm³/mol. The highest BCUT2D eigenvalue weighted by Crippen LogP contribution is 2.19. The lowest BCUT2D eigenvalue weighted by Gasteiger charge is -2.15. The minimum atomic E-state index is -3.60. The van der Waals surface area contributed by atoms with E-state index in [9.17, 15) is 22.4 Å². The molecule has 0 spiro atoms. The van der Waals surface area contributed by atoms with Crippen LogP contribution in [0.15, 0.2) is 42.5 Å². The van der Waals surface area contributed by atoms with Crippen LogP contribution in [0.3, 0.4) is 0 Å². The van der Waals surface area contributed by atoms with Gasteiger partial charge in [-0.1, -0.05) is 18.2 Å². The van der Waals surface area contributed by atoms with Crippen molar-refractivity contribution < 1.29 is 27.1 Å². The molecule has 0 aliphatic rings. The maximum atomic E-state index is 13.5. The van der Waals surface area contributed by atoms with Crippen LogP contribution in [0.2, 0.25) is 0 Å². The molecule has 9 heteroatoms. The number of benzene rings is 2. The molecule has 0 aliphatic heterocycles. The lowest BCUT2D eigenvalue weighted by molar-refractivity contribution is -0.123. The summed E-state index contributed by atoms with van der Waals surface area (Å²) in [5, 5.41) is 2.45. The van der Waals surface area contributed by atoms with Crippen LogP contribution in [0.1, 0.15) is 22.8 Å². The van der Waals surface area contributed by atoms with Crippen LogP contribution in [0.4, 0.5) is 15.8 Å². The van der Waals surface area contributed by atoms with E-state index in [0.29, 0.717) is 5.56 Å². The summed E-state index contributed by atoms with van der Waals surface area (Å²) >= 11 is 0. The Morgan fingerprint density at radius 1 is 1.15 bits per heavy atom. The van der Waals surface area contributed by atoms with Crippen molar-refractivity contribution in [3.05, 3.63) is 59.4 Å². The van der Waals surface area contributed by atoms with Gasteiger partial charge in [0.2, 0.25) is 10.0 Å². The number of hydrogen-bond acceptors (Lipinski definition) is 5. The zero-order valence-corrected chi connectivity index (χ0v) is 15.8. The second-order valence-corrected chi connectivity index (χ2v) is 7.67. The fourth-order valence-corrected chi connectivity index (χ4v) is 2.72. The van der Waals surface area contributed by atoms with Crippen molar-refractivity contribution in [2.45, 2.75) is 20.0 Å². The second kappa shape index (κ2) is 8.17. The summed E-state index contributed by atoms with van der Waals surface area (Å²) < 4.78 is 43.7. The summed E-state index contributed by atoms with van der Waals surface area (Å²) in [6.45, 7) is 2.94. The molecule has 7 nitrogen and oxygen atoms in total. The molecule has 0 fully saturated rings. The van der Waals surface area contributed by atoms with Crippen LogP contribution in [-0.4, -0.2) is 32.7 Å². The Hall–Kier alpha value is -2.94. The first-order chi connectivity index (χ1) is 12.6. The highest BCUT2D eigenvalue weighted by molar-refractivity contribution is 7.92. The molecule has 2 aromatic rings. The summed E-state index contributed by atoms with van der Waals surface area (Å²) in [5.74, 6) is -2.00. The Labute approximate surface area is 156 Å². The fraction of sp³-hybridized carbons (Fsp3) is 0.222. The highest BCUT2D eigenvalue weighted by atomic mass is 32.2. The molecule has 1 amide bonds. The average Bonchev–Trinajstić information content (AvgIpc) is 2.57. The quantitative estimate of drug-likeness (QED) is 0.734. The molecule has 0 radical (unpaired) electrons. The van der Waals surface area contributed by atoms with Gasteiger partial charge in [0.15, 0.2) is 6.10 Å². The molecule has 2 rings (SSSR count). The van der Waals surface area contributed by atoms with Gasteiger partial charge in [0, 0.05) is 5.69 Å². The molecule has 0 aromatic heterocycles. The molecule has 0 bridgehead atoms. The van der Waals surface area contributed by atoms with Crippen LogP contribution in [0.5, 0.6) is 0 Å². The van der Waals surface area contributed by atoms with E-state index < -0.39 is 33.8 Å². The van der Waals surface area contributed by atoms with Crippen LogP contribution >= 0.6 is 0 Å². The number of carbonyl (C=O) groups is 2. The van der Waals surface area contributed by atoms with E-state index in [0.717, 1.165) is 12.3 Å². The predicted octanol–water partition coefficient (Wildman–Crippen LogP) is 2.69. The number of sulfonamides is 1. The lowest BCUT2D eigenvalue weighted by atomic mass is 10.2. The lowest BCUT2D eigenvalue weighted by Crippen LogP contribution is -2.30. The van der Waals surface area contributed by atoms with Crippen molar-refractivity contribution in [3.63, 3.8) is 0 Å². The SMILES string of the molecule is Cc1ccc(NC(=O)[C@@H](C)OC(=O)c2ccccc2NS(C)(=O)=O)cc1F. The minimum absolute atomic E-state index is 0.0380. The highest BCUT2D eigenvalue weighted by Gasteiger charge is 2.22. The molecular weight excluding hydrogens is 375 g/mol. The van der Waals surface area contributed by atoms with Gasteiger partial charge >= 0.3 is 5.97 Å². The monoisotopic (exact) mass is 394 g/mol. The second-order valence-electron chi connectivity index (χ2n) is 5.92. The maximum Gasteiger partial charge on any atom is 0.341 e. The minimum Gasteiger partial charge on any atom is -0.449 e. The zero-order chi connectivity index (χ0) is 20.2. The van der Waals surface area contributed by atoms with E-state index in [-0.39, 0.29) is 16.9 Å². The van der Waals surface area contributed by atoms with Crippen molar-refractivity contribution in [1.29, 1.82) is 0 Å². The van der Waals surface area contributed by atoms with Gasteiger partial charge in [-0.2, -0.15) is 0 Å². The van der Waals surface area contributed by atoms with E-state index in [1.807, 2.05) is 0 Å². The zero-order valence-electron chi connectivity index (χ0n) is 14.9. The van der Waals surface area contributed by atoms with Gasteiger partial charge in [-0.25, -0.2) is 17.6 Å². The average molecular weight is 394 g/mol. The Morgan fingerprint density at radius 2 is 1.81 bits per heavy atom. The first-order valence-corrected chi connectivity index (χ1v) is 9.81. The molecule has 0 saturated carbocycles. The Kier molecular flexibility index (Phi) is 6.17. The first kappa shape index (κ1) is 20.4. The van der Waals surface area contributed by atoms with Crippen molar-refractivity contribution in [2.24, 2.45) is 0 Å². The molecule has 0 aliphatic carbocycles. The van der Waals surface area contributed by atoms with E-state index in [4.69, 9.17) is 4.74 Å². The van der Waals surface area contributed by atoms with Gasteiger partial charge in [-0.15, -0.1) is 0 Å².